The molecular formula is C22H30N2O3S. The van der Waals surface area contributed by atoms with Crippen LogP contribution in [0.1, 0.15) is 24.0 Å². The predicted octanol–water partition coefficient (Wildman–Crippen LogP) is 2.86. The van der Waals surface area contributed by atoms with Crippen molar-refractivity contribution < 1.29 is 13.2 Å². The molecule has 1 saturated heterocycles. The molecule has 0 unspecified atom stereocenters. The molecule has 28 heavy (non-hydrogen) atoms. The lowest BCUT2D eigenvalue weighted by Gasteiger charge is -2.31. The molecule has 0 atom stereocenters. The Morgan fingerprint density at radius 1 is 0.964 bits per heavy atom. The lowest BCUT2D eigenvalue weighted by molar-refractivity contribution is 0.209. The van der Waals surface area contributed by atoms with E-state index in [9.17, 15) is 8.42 Å². The first-order chi connectivity index (χ1) is 13.5. The van der Waals surface area contributed by atoms with E-state index in [0.717, 1.165) is 51.1 Å². The van der Waals surface area contributed by atoms with Crippen LogP contribution in [0, 0.1) is 0 Å². The van der Waals surface area contributed by atoms with Crippen molar-refractivity contribution >= 4 is 10.0 Å². The van der Waals surface area contributed by atoms with Gasteiger partial charge in [-0.3, -0.25) is 0 Å². The number of piperidine rings is 1. The number of benzene rings is 2. The van der Waals surface area contributed by atoms with E-state index in [4.69, 9.17) is 4.74 Å². The van der Waals surface area contributed by atoms with Crippen LogP contribution in [-0.2, 0) is 22.9 Å². The van der Waals surface area contributed by atoms with Crippen LogP contribution in [0.15, 0.2) is 54.6 Å². The van der Waals surface area contributed by atoms with E-state index >= 15 is 0 Å². The first-order valence-corrected chi connectivity index (χ1v) is 11.8. The number of nitrogens with zero attached hydrogens (tertiary/aromatic N) is 1. The van der Waals surface area contributed by atoms with E-state index in [1.807, 2.05) is 18.2 Å². The van der Waals surface area contributed by atoms with Crippen LogP contribution in [0.5, 0.6) is 5.75 Å². The maximum absolute atomic E-state index is 11.3. The highest BCUT2D eigenvalue weighted by Gasteiger charge is 2.21. The zero-order valence-corrected chi connectivity index (χ0v) is 17.3. The van der Waals surface area contributed by atoms with Crippen molar-refractivity contribution in [2.24, 2.45) is 0 Å². The zero-order chi connectivity index (χ0) is 19.8. The SMILES string of the molecule is CS(=O)(=O)NC1CCN(CCc2ccc(OCCc3ccccc3)cc2)CC1. The number of sulfonamides is 1. The lowest BCUT2D eigenvalue weighted by atomic mass is 10.1. The third kappa shape index (κ3) is 7.26. The molecule has 0 bridgehead atoms. The number of hydrogen-bond acceptors (Lipinski definition) is 4. The molecule has 1 heterocycles. The molecule has 0 radical (unpaired) electrons. The summed E-state index contributed by atoms with van der Waals surface area (Å²) < 4.78 is 31.2. The van der Waals surface area contributed by atoms with Gasteiger partial charge in [-0.25, -0.2) is 13.1 Å². The Labute approximate surface area is 168 Å². The summed E-state index contributed by atoms with van der Waals surface area (Å²) in [5, 5.41) is 0. The topological polar surface area (TPSA) is 58.6 Å². The molecule has 6 heteroatoms. The molecule has 5 nitrogen and oxygen atoms in total. The first kappa shape index (κ1) is 20.8. The van der Waals surface area contributed by atoms with E-state index in [0.29, 0.717) is 6.61 Å². The van der Waals surface area contributed by atoms with Crippen LogP contribution in [0.3, 0.4) is 0 Å². The minimum atomic E-state index is -3.10. The molecule has 0 spiro atoms. The van der Waals surface area contributed by atoms with Crippen LogP contribution >= 0.6 is 0 Å². The summed E-state index contributed by atoms with van der Waals surface area (Å²) in [6.45, 7) is 3.56. The zero-order valence-electron chi connectivity index (χ0n) is 16.5. The minimum Gasteiger partial charge on any atom is -0.493 e. The standard InChI is InChI=1S/C22H30N2O3S/c1-28(25,26)23-21-12-16-24(17-13-21)15-11-20-7-9-22(10-8-20)27-18-14-19-5-3-2-4-6-19/h2-10,21,23H,11-18H2,1H3. The van der Waals surface area contributed by atoms with E-state index in [1.54, 1.807) is 0 Å². The van der Waals surface area contributed by atoms with Crippen molar-refractivity contribution in [2.45, 2.75) is 31.7 Å². The van der Waals surface area contributed by atoms with Crippen LogP contribution in [0.2, 0.25) is 0 Å². The van der Waals surface area contributed by atoms with Gasteiger partial charge in [0.2, 0.25) is 10.0 Å². The van der Waals surface area contributed by atoms with E-state index in [1.165, 1.54) is 17.4 Å². The number of likely N-dealkylation sites (tertiary alicyclic amines) is 1. The summed E-state index contributed by atoms with van der Waals surface area (Å²) in [5.41, 5.74) is 2.58. The Morgan fingerprint density at radius 2 is 1.61 bits per heavy atom. The van der Waals surface area contributed by atoms with Crippen molar-refractivity contribution in [1.29, 1.82) is 0 Å². The van der Waals surface area contributed by atoms with Crippen LogP contribution in [0.4, 0.5) is 0 Å². The molecule has 1 fully saturated rings. The second-order valence-electron chi connectivity index (χ2n) is 7.48. The Morgan fingerprint density at radius 3 is 2.25 bits per heavy atom. The summed E-state index contributed by atoms with van der Waals surface area (Å²) in [7, 11) is -3.10. The molecule has 1 aliphatic rings. The number of rotatable bonds is 9. The van der Waals surface area contributed by atoms with Crippen molar-refractivity contribution in [3.05, 3.63) is 65.7 Å². The normalized spacial score (nSPS) is 16.2. The van der Waals surface area contributed by atoms with Crippen molar-refractivity contribution in [3.63, 3.8) is 0 Å². The number of ether oxygens (including phenoxy) is 1. The quantitative estimate of drug-likeness (QED) is 0.701. The predicted molar refractivity (Wildman–Crippen MR) is 113 cm³/mol. The third-order valence-corrected chi connectivity index (χ3v) is 5.87. The molecule has 0 amide bonds. The Balaban J connectivity index is 1.35. The highest BCUT2D eigenvalue weighted by molar-refractivity contribution is 7.88. The fourth-order valence-electron chi connectivity index (χ4n) is 3.55. The Hall–Kier alpha value is -1.89. The summed E-state index contributed by atoms with van der Waals surface area (Å²) >= 11 is 0. The van der Waals surface area contributed by atoms with Crippen molar-refractivity contribution in [3.8, 4) is 5.75 Å². The van der Waals surface area contributed by atoms with E-state index in [-0.39, 0.29) is 6.04 Å². The smallest absolute Gasteiger partial charge is 0.208 e. The van der Waals surface area contributed by atoms with Gasteiger partial charge in [0.1, 0.15) is 5.75 Å². The fraction of sp³-hybridized carbons (Fsp3) is 0.455. The second kappa shape index (κ2) is 10.0. The van der Waals surface area contributed by atoms with Gasteiger partial charge < -0.3 is 9.64 Å². The molecule has 152 valence electrons. The molecule has 1 N–H and O–H groups in total. The summed E-state index contributed by atoms with van der Waals surface area (Å²) in [6, 6.07) is 18.8. The lowest BCUT2D eigenvalue weighted by Crippen LogP contribution is -2.44. The molecule has 0 saturated carbocycles. The maximum atomic E-state index is 11.3. The van der Waals surface area contributed by atoms with Gasteiger partial charge in [0.25, 0.3) is 0 Å². The molecule has 2 aromatic carbocycles. The maximum Gasteiger partial charge on any atom is 0.208 e. The van der Waals surface area contributed by atoms with Gasteiger partial charge in [0, 0.05) is 19.0 Å². The van der Waals surface area contributed by atoms with Crippen molar-refractivity contribution in [1.82, 2.24) is 9.62 Å². The van der Waals surface area contributed by atoms with Gasteiger partial charge in [-0.2, -0.15) is 0 Å². The number of hydrogen-bond donors (Lipinski definition) is 1. The summed E-state index contributed by atoms with van der Waals surface area (Å²) in [4.78, 5) is 2.41. The largest absolute Gasteiger partial charge is 0.493 e. The highest BCUT2D eigenvalue weighted by atomic mass is 32.2. The second-order valence-corrected chi connectivity index (χ2v) is 9.26. The van der Waals surface area contributed by atoms with Gasteiger partial charge in [-0.15, -0.1) is 0 Å². The third-order valence-electron chi connectivity index (χ3n) is 5.11. The number of nitrogens with one attached hydrogen (secondary N) is 1. The van der Waals surface area contributed by atoms with Gasteiger partial charge >= 0.3 is 0 Å². The summed E-state index contributed by atoms with van der Waals surface area (Å²) in [5.74, 6) is 0.910. The average molecular weight is 403 g/mol. The Bertz CT molecular complexity index is 815. The molecular weight excluding hydrogens is 372 g/mol. The van der Waals surface area contributed by atoms with Gasteiger partial charge in [-0.1, -0.05) is 42.5 Å². The average Bonchev–Trinajstić information content (AvgIpc) is 2.68. The minimum absolute atomic E-state index is 0.0820. The molecule has 2 aromatic rings. The van der Waals surface area contributed by atoms with Crippen LogP contribution in [-0.4, -0.2) is 51.9 Å². The van der Waals surface area contributed by atoms with Gasteiger partial charge in [-0.05, 0) is 55.6 Å². The van der Waals surface area contributed by atoms with Crippen LogP contribution < -0.4 is 9.46 Å². The van der Waals surface area contributed by atoms with Crippen LogP contribution in [0.25, 0.3) is 0 Å². The molecule has 1 aliphatic heterocycles. The molecule has 0 aliphatic carbocycles. The Kier molecular flexibility index (Phi) is 7.48. The monoisotopic (exact) mass is 402 g/mol. The molecule has 3 rings (SSSR count). The molecule has 0 aromatic heterocycles. The van der Waals surface area contributed by atoms with Crippen molar-refractivity contribution in [2.75, 3.05) is 32.5 Å². The van der Waals surface area contributed by atoms with E-state index in [2.05, 4.69) is 46.0 Å². The van der Waals surface area contributed by atoms with Gasteiger partial charge in [0.05, 0.1) is 12.9 Å². The fourth-order valence-corrected chi connectivity index (χ4v) is 4.39. The summed E-state index contributed by atoms with van der Waals surface area (Å²) in [6.07, 6.45) is 4.89. The first-order valence-electron chi connectivity index (χ1n) is 9.93. The van der Waals surface area contributed by atoms with E-state index < -0.39 is 10.0 Å². The highest BCUT2D eigenvalue weighted by Crippen LogP contribution is 2.15. The van der Waals surface area contributed by atoms with Gasteiger partial charge in [0.15, 0.2) is 0 Å².